The summed E-state index contributed by atoms with van der Waals surface area (Å²) in [6.45, 7) is 4.78. The Labute approximate surface area is 137 Å². The maximum atomic E-state index is 5.99. The molecule has 0 bridgehead atoms. The standard InChI is InChI=1S/C20H22N2O/c1-15(2)23-20-13-12-16-8-6-7-11-18(16)19(20)14-21-22-17-9-4-3-5-10-17/h3-13,15,21-22H,14H2,1-2H3. The van der Waals surface area contributed by atoms with Crippen molar-refractivity contribution in [1.82, 2.24) is 5.43 Å². The van der Waals surface area contributed by atoms with Gasteiger partial charge in [0.2, 0.25) is 0 Å². The first-order valence-electron chi connectivity index (χ1n) is 7.95. The maximum Gasteiger partial charge on any atom is 0.124 e. The van der Waals surface area contributed by atoms with Crippen LogP contribution in [0.1, 0.15) is 19.4 Å². The molecule has 0 aliphatic rings. The monoisotopic (exact) mass is 306 g/mol. The van der Waals surface area contributed by atoms with Gasteiger partial charge in [-0.2, -0.15) is 0 Å². The Morgan fingerprint density at radius 3 is 2.39 bits per heavy atom. The van der Waals surface area contributed by atoms with Crippen LogP contribution in [0, 0.1) is 0 Å². The highest BCUT2D eigenvalue weighted by Crippen LogP contribution is 2.28. The first kappa shape index (κ1) is 15.4. The molecule has 3 aromatic rings. The summed E-state index contributed by atoms with van der Waals surface area (Å²) in [5.41, 5.74) is 8.73. The van der Waals surface area contributed by atoms with Crippen LogP contribution >= 0.6 is 0 Å². The second kappa shape index (κ2) is 7.16. The quantitative estimate of drug-likeness (QED) is 0.645. The number of hydrazine groups is 1. The molecular weight excluding hydrogens is 284 g/mol. The minimum absolute atomic E-state index is 0.150. The molecule has 0 radical (unpaired) electrons. The minimum Gasteiger partial charge on any atom is -0.491 e. The lowest BCUT2D eigenvalue weighted by atomic mass is 10.0. The van der Waals surface area contributed by atoms with Crippen LogP contribution in [0.15, 0.2) is 66.7 Å². The van der Waals surface area contributed by atoms with Crippen molar-refractivity contribution < 1.29 is 4.74 Å². The fourth-order valence-corrected chi connectivity index (χ4v) is 2.62. The third kappa shape index (κ3) is 3.82. The van der Waals surface area contributed by atoms with Gasteiger partial charge in [0.1, 0.15) is 5.75 Å². The molecule has 23 heavy (non-hydrogen) atoms. The summed E-state index contributed by atoms with van der Waals surface area (Å²) < 4.78 is 5.99. The summed E-state index contributed by atoms with van der Waals surface area (Å²) in [7, 11) is 0. The minimum atomic E-state index is 0.150. The lowest BCUT2D eigenvalue weighted by molar-refractivity contribution is 0.240. The third-order valence-electron chi connectivity index (χ3n) is 3.63. The molecule has 0 saturated carbocycles. The molecule has 0 fully saturated rings. The number of ether oxygens (including phenoxy) is 1. The predicted octanol–water partition coefficient (Wildman–Crippen LogP) is 4.74. The van der Waals surface area contributed by atoms with Crippen LogP contribution in [-0.4, -0.2) is 6.10 Å². The SMILES string of the molecule is CC(C)Oc1ccc2ccccc2c1CNNc1ccccc1. The molecule has 0 aliphatic heterocycles. The van der Waals surface area contributed by atoms with Crippen LogP contribution < -0.4 is 15.6 Å². The predicted molar refractivity (Wildman–Crippen MR) is 96.6 cm³/mol. The van der Waals surface area contributed by atoms with Gasteiger partial charge < -0.3 is 10.2 Å². The van der Waals surface area contributed by atoms with Crippen molar-refractivity contribution in [3.05, 3.63) is 72.3 Å². The van der Waals surface area contributed by atoms with E-state index in [1.54, 1.807) is 0 Å². The second-order valence-corrected chi connectivity index (χ2v) is 5.77. The molecule has 0 spiro atoms. The van der Waals surface area contributed by atoms with E-state index in [1.165, 1.54) is 16.3 Å². The largest absolute Gasteiger partial charge is 0.491 e. The number of para-hydroxylation sites is 1. The zero-order valence-corrected chi connectivity index (χ0v) is 13.5. The number of hydrogen-bond acceptors (Lipinski definition) is 3. The number of hydrogen-bond donors (Lipinski definition) is 2. The molecule has 0 aromatic heterocycles. The lowest BCUT2D eigenvalue weighted by Gasteiger charge is -2.17. The van der Waals surface area contributed by atoms with Crippen molar-refractivity contribution >= 4 is 16.5 Å². The van der Waals surface area contributed by atoms with Gasteiger partial charge in [-0.05, 0) is 42.8 Å². The highest BCUT2D eigenvalue weighted by atomic mass is 16.5. The van der Waals surface area contributed by atoms with E-state index < -0.39 is 0 Å². The zero-order valence-electron chi connectivity index (χ0n) is 13.5. The Kier molecular flexibility index (Phi) is 4.79. The molecule has 0 unspecified atom stereocenters. The van der Waals surface area contributed by atoms with Crippen LogP contribution in [0.2, 0.25) is 0 Å². The highest BCUT2D eigenvalue weighted by molar-refractivity contribution is 5.87. The first-order valence-corrected chi connectivity index (χ1v) is 7.95. The molecular formula is C20H22N2O. The van der Waals surface area contributed by atoms with Gasteiger partial charge in [0, 0.05) is 17.8 Å². The zero-order chi connectivity index (χ0) is 16.1. The van der Waals surface area contributed by atoms with Gasteiger partial charge in [0.25, 0.3) is 0 Å². The molecule has 0 heterocycles. The van der Waals surface area contributed by atoms with Gasteiger partial charge in [-0.15, -0.1) is 0 Å². The van der Waals surface area contributed by atoms with Crippen LogP contribution in [0.5, 0.6) is 5.75 Å². The Hall–Kier alpha value is -2.52. The second-order valence-electron chi connectivity index (χ2n) is 5.77. The normalized spacial score (nSPS) is 10.9. The summed E-state index contributed by atoms with van der Waals surface area (Å²) >= 11 is 0. The Morgan fingerprint density at radius 2 is 1.61 bits per heavy atom. The number of fused-ring (bicyclic) bond motifs is 1. The summed E-state index contributed by atoms with van der Waals surface area (Å²) in [5, 5.41) is 2.44. The van der Waals surface area contributed by atoms with Crippen LogP contribution in [0.25, 0.3) is 10.8 Å². The first-order chi connectivity index (χ1) is 11.2. The van der Waals surface area contributed by atoms with E-state index >= 15 is 0 Å². The molecule has 0 saturated heterocycles. The van der Waals surface area contributed by atoms with E-state index in [0.29, 0.717) is 6.54 Å². The molecule has 118 valence electrons. The van der Waals surface area contributed by atoms with Gasteiger partial charge in [-0.3, -0.25) is 0 Å². The average Bonchev–Trinajstić information content (AvgIpc) is 2.57. The van der Waals surface area contributed by atoms with E-state index in [2.05, 4.69) is 61.1 Å². The molecule has 3 heteroatoms. The molecule has 3 aromatic carbocycles. The molecule has 3 rings (SSSR count). The number of nitrogens with one attached hydrogen (secondary N) is 2. The van der Waals surface area contributed by atoms with Gasteiger partial charge in [-0.25, -0.2) is 5.43 Å². The summed E-state index contributed by atoms with van der Waals surface area (Å²) in [6.07, 6.45) is 0.150. The Balaban J connectivity index is 1.84. The molecule has 2 N–H and O–H groups in total. The summed E-state index contributed by atoms with van der Waals surface area (Å²) in [6, 6.07) is 22.6. The van der Waals surface area contributed by atoms with Crippen molar-refractivity contribution in [3.8, 4) is 5.75 Å². The highest BCUT2D eigenvalue weighted by Gasteiger charge is 2.10. The van der Waals surface area contributed by atoms with E-state index in [-0.39, 0.29) is 6.10 Å². The summed E-state index contributed by atoms with van der Waals surface area (Å²) in [5.74, 6) is 0.932. The van der Waals surface area contributed by atoms with E-state index in [4.69, 9.17) is 4.74 Å². The number of rotatable bonds is 6. The van der Waals surface area contributed by atoms with Gasteiger partial charge in [-0.1, -0.05) is 48.5 Å². The molecule has 3 nitrogen and oxygen atoms in total. The number of anilines is 1. The van der Waals surface area contributed by atoms with E-state index in [1.807, 2.05) is 30.3 Å². The van der Waals surface area contributed by atoms with Crippen LogP contribution in [-0.2, 0) is 6.54 Å². The smallest absolute Gasteiger partial charge is 0.124 e. The van der Waals surface area contributed by atoms with Crippen molar-refractivity contribution in [2.24, 2.45) is 0 Å². The van der Waals surface area contributed by atoms with Crippen molar-refractivity contribution in [3.63, 3.8) is 0 Å². The fourth-order valence-electron chi connectivity index (χ4n) is 2.62. The summed E-state index contributed by atoms with van der Waals surface area (Å²) in [4.78, 5) is 0. The molecule has 0 atom stereocenters. The van der Waals surface area contributed by atoms with Gasteiger partial charge >= 0.3 is 0 Å². The topological polar surface area (TPSA) is 33.3 Å². The lowest BCUT2D eigenvalue weighted by Crippen LogP contribution is -2.22. The fraction of sp³-hybridized carbons (Fsp3) is 0.200. The number of benzene rings is 3. The van der Waals surface area contributed by atoms with Crippen molar-refractivity contribution in [2.45, 2.75) is 26.5 Å². The average molecular weight is 306 g/mol. The molecule has 0 amide bonds. The Morgan fingerprint density at radius 1 is 0.870 bits per heavy atom. The van der Waals surface area contributed by atoms with Gasteiger partial charge in [0.05, 0.1) is 6.10 Å². The van der Waals surface area contributed by atoms with E-state index in [9.17, 15) is 0 Å². The van der Waals surface area contributed by atoms with Crippen molar-refractivity contribution in [1.29, 1.82) is 0 Å². The Bertz CT molecular complexity index is 769. The maximum absolute atomic E-state index is 5.99. The van der Waals surface area contributed by atoms with Crippen LogP contribution in [0.4, 0.5) is 5.69 Å². The van der Waals surface area contributed by atoms with Gasteiger partial charge in [0.15, 0.2) is 0 Å². The molecule has 0 aliphatic carbocycles. The van der Waals surface area contributed by atoms with Crippen molar-refractivity contribution in [2.75, 3.05) is 5.43 Å². The van der Waals surface area contributed by atoms with Crippen LogP contribution in [0.3, 0.4) is 0 Å². The third-order valence-corrected chi connectivity index (χ3v) is 3.63. The van der Waals surface area contributed by atoms with E-state index in [0.717, 1.165) is 11.4 Å².